The van der Waals surface area contributed by atoms with E-state index in [0.717, 1.165) is 12.3 Å². The lowest BCUT2D eigenvalue weighted by Gasteiger charge is -2.08. The molecule has 0 fully saturated rings. The topological polar surface area (TPSA) is 92.2 Å². The number of benzene rings is 1. The van der Waals surface area contributed by atoms with Gasteiger partial charge in [-0.05, 0) is 12.1 Å². The van der Waals surface area contributed by atoms with E-state index in [2.05, 4.69) is 15.3 Å². The van der Waals surface area contributed by atoms with Crippen LogP contribution in [0.25, 0.3) is 0 Å². The Balaban J connectivity index is 2.36. The highest BCUT2D eigenvalue weighted by Gasteiger charge is 2.20. The third-order valence-corrected chi connectivity index (χ3v) is 2.64. The molecule has 0 unspecified atom stereocenters. The number of carbonyl (C=O) groups is 2. The summed E-state index contributed by atoms with van der Waals surface area (Å²) in [6, 6.07) is 3.75. The summed E-state index contributed by atoms with van der Waals surface area (Å²) >= 11 is 5.74. The van der Waals surface area contributed by atoms with Gasteiger partial charge in [0.15, 0.2) is 11.5 Å². The number of amides is 1. The summed E-state index contributed by atoms with van der Waals surface area (Å²) in [7, 11) is 0. The Morgan fingerprint density at radius 2 is 1.95 bits per heavy atom. The van der Waals surface area contributed by atoms with Crippen molar-refractivity contribution in [1.82, 2.24) is 9.97 Å². The zero-order valence-electron chi connectivity index (χ0n) is 9.80. The lowest BCUT2D eigenvalue weighted by molar-refractivity contribution is 0.0691. The number of rotatable bonds is 3. The zero-order valence-corrected chi connectivity index (χ0v) is 10.6. The molecular formula is C12H7ClFN3O3. The molecule has 0 saturated heterocycles. The number of halogens is 2. The van der Waals surface area contributed by atoms with E-state index in [1.54, 1.807) is 0 Å². The summed E-state index contributed by atoms with van der Waals surface area (Å²) in [6.07, 6.45) is 2.36. The van der Waals surface area contributed by atoms with E-state index in [-0.39, 0.29) is 10.8 Å². The second kappa shape index (κ2) is 5.62. The monoisotopic (exact) mass is 295 g/mol. The van der Waals surface area contributed by atoms with Gasteiger partial charge in [-0.2, -0.15) is 0 Å². The first-order valence-corrected chi connectivity index (χ1v) is 5.68. The third-order valence-electron chi connectivity index (χ3n) is 2.32. The van der Waals surface area contributed by atoms with Crippen LogP contribution in [-0.2, 0) is 0 Å². The second-order valence-corrected chi connectivity index (χ2v) is 4.02. The highest BCUT2D eigenvalue weighted by atomic mass is 35.5. The summed E-state index contributed by atoms with van der Waals surface area (Å²) in [5, 5.41) is 11.0. The van der Waals surface area contributed by atoms with Crippen LogP contribution >= 0.6 is 11.6 Å². The molecule has 1 heterocycles. The highest BCUT2D eigenvalue weighted by Crippen LogP contribution is 2.20. The molecule has 1 aromatic heterocycles. The fraction of sp³-hybridized carbons (Fsp3) is 0. The molecule has 1 amide bonds. The summed E-state index contributed by atoms with van der Waals surface area (Å²) < 4.78 is 13.6. The average Bonchev–Trinajstić information content (AvgIpc) is 2.38. The van der Waals surface area contributed by atoms with Crippen LogP contribution in [0.5, 0.6) is 0 Å². The maximum Gasteiger partial charge on any atom is 0.358 e. The molecular weight excluding hydrogens is 289 g/mol. The summed E-state index contributed by atoms with van der Waals surface area (Å²) in [5.74, 6) is -3.38. The SMILES string of the molecule is O=C(O)c1nccnc1NC(=O)c1c(F)cccc1Cl. The Bertz CT molecular complexity index is 673. The third kappa shape index (κ3) is 2.72. The molecule has 8 heteroatoms. The molecule has 0 aliphatic rings. The van der Waals surface area contributed by atoms with Gasteiger partial charge in [-0.1, -0.05) is 17.7 Å². The molecule has 0 atom stereocenters. The van der Waals surface area contributed by atoms with Crippen molar-refractivity contribution in [2.75, 3.05) is 5.32 Å². The van der Waals surface area contributed by atoms with E-state index >= 15 is 0 Å². The Morgan fingerprint density at radius 3 is 2.60 bits per heavy atom. The molecule has 1 aromatic carbocycles. The van der Waals surface area contributed by atoms with Crippen molar-refractivity contribution in [1.29, 1.82) is 0 Å². The van der Waals surface area contributed by atoms with Gasteiger partial charge in [-0.25, -0.2) is 19.2 Å². The van der Waals surface area contributed by atoms with Crippen LogP contribution in [0.2, 0.25) is 5.02 Å². The van der Waals surface area contributed by atoms with Crippen molar-refractivity contribution in [3.05, 3.63) is 52.7 Å². The first-order chi connectivity index (χ1) is 9.50. The maximum atomic E-state index is 13.6. The van der Waals surface area contributed by atoms with Gasteiger partial charge in [-0.15, -0.1) is 0 Å². The fourth-order valence-electron chi connectivity index (χ4n) is 1.47. The van der Waals surface area contributed by atoms with Crippen LogP contribution < -0.4 is 5.32 Å². The number of nitrogens with one attached hydrogen (secondary N) is 1. The van der Waals surface area contributed by atoms with Crippen molar-refractivity contribution < 1.29 is 19.1 Å². The number of hydrogen-bond acceptors (Lipinski definition) is 4. The van der Waals surface area contributed by atoms with E-state index < -0.39 is 29.0 Å². The average molecular weight is 296 g/mol. The van der Waals surface area contributed by atoms with Gasteiger partial charge in [0.25, 0.3) is 5.91 Å². The molecule has 20 heavy (non-hydrogen) atoms. The predicted molar refractivity (Wildman–Crippen MR) is 68.4 cm³/mol. The summed E-state index contributed by atoms with van der Waals surface area (Å²) in [4.78, 5) is 30.1. The van der Waals surface area contributed by atoms with Crippen molar-refractivity contribution in [2.45, 2.75) is 0 Å². The number of anilines is 1. The van der Waals surface area contributed by atoms with Crippen LogP contribution in [0.3, 0.4) is 0 Å². The lowest BCUT2D eigenvalue weighted by Crippen LogP contribution is -2.18. The number of aromatic carboxylic acids is 1. The maximum absolute atomic E-state index is 13.6. The van der Waals surface area contributed by atoms with E-state index in [1.807, 2.05) is 0 Å². The number of hydrogen-bond donors (Lipinski definition) is 2. The van der Waals surface area contributed by atoms with Gasteiger partial charge in [0.1, 0.15) is 5.82 Å². The molecule has 6 nitrogen and oxygen atoms in total. The molecule has 0 aliphatic carbocycles. The standard InChI is InChI=1S/C12H7ClFN3O3/c13-6-2-1-3-7(14)8(6)11(18)17-10-9(12(19)20)15-4-5-16-10/h1-5H,(H,19,20)(H,16,17,18). The van der Waals surface area contributed by atoms with Gasteiger partial charge in [-0.3, -0.25) is 4.79 Å². The van der Waals surface area contributed by atoms with Crippen molar-refractivity contribution in [2.24, 2.45) is 0 Å². The number of aromatic nitrogens is 2. The van der Waals surface area contributed by atoms with Gasteiger partial charge in [0, 0.05) is 12.4 Å². The van der Waals surface area contributed by atoms with Crippen LogP contribution in [0.4, 0.5) is 10.2 Å². The second-order valence-electron chi connectivity index (χ2n) is 3.61. The predicted octanol–water partition coefficient (Wildman–Crippen LogP) is 2.22. The fourth-order valence-corrected chi connectivity index (χ4v) is 1.72. The lowest BCUT2D eigenvalue weighted by atomic mass is 10.2. The molecule has 0 radical (unpaired) electrons. The number of nitrogens with zero attached hydrogens (tertiary/aromatic N) is 2. The minimum Gasteiger partial charge on any atom is -0.476 e. The molecule has 0 aliphatic heterocycles. The van der Waals surface area contributed by atoms with Crippen molar-refractivity contribution in [3.63, 3.8) is 0 Å². The minimum atomic E-state index is -1.37. The van der Waals surface area contributed by atoms with E-state index in [9.17, 15) is 14.0 Å². The molecule has 0 bridgehead atoms. The quantitative estimate of drug-likeness (QED) is 0.906. The Hall–Kier alpha value is -2.54. The number of carbonyl (C=O) groups excluding carboxylic acids is 1. The van der Waals surface area contributed by atoms with Gasteiger partial charge in [0.2, 0.25) is 0 Å². The van der Waals surface area contributed by atoms with Crippen LogP contribution in [0.1, 0.15) is 20.8 Å². The number of carboxylic acids is 1. The van der Waals surface area contributed by atoms with Crippen molar-refractivity contribution >= 4 is 29.3 Å². The largest absolute Gasteiger partial charge is 0.476 e. The van der Waals surface area contributed by atoms with Gasteiger partial charge < -0.3 is 10.4 Å². The van der Waals surface area contributed by atoms with Crippen molar-refractivity contribution in [3.8, 4) is 0 Å². The number of carboxylic acid groups (broad SMARTS) is 1. The molecule has 102 valence electrons. The van der Waals surface area contributed by atoms with Crippen LogP contribution in [-0.4, -0.2) is 27.0 Å². The first-order valence-electron chi connectivity index (χ1n) is 5.30. The molecule has 2 N–H and O–H groups in total. The molecule has 0 saturated carbocycles. The molecule has 0 spiro atoms. The van der Waals surface area contributed by atoms with E-state index in [4.69, 9.17) is 16.7 Å². The van der Waals surface area contributed by atoms with Gasteiger partial charge >= 0.3 is 5.97 Å². The molecule has 2 rings (SSSR count). The van der Waals surface area contributed by atoms with Crippen LogP contribution in [0, 0.1) is 5.82 Å². The first kappa shape index (κ1) is 13.9. The minimum absolute atomic E-state index is 0.0942. The Kier molecular flexibility index (Phi) is 3.90. The highest BCUT2D eigenvalue weighted by molar-refractivity contribution is 6.34. The van der Waals surface area contributed by atoms with Gasteiger partial charge in [0.05, 0.1) is 10.6 Å². The Morgan fingerprint density at radius 1 is 1.25 bits per heavy atom. The normalized spacial score (nSPS) is 10.1. The Labute approximate surface area is 117 Å². The van der Waals surface area contributed by atoms with Crippen LogP contribution in [0.15, 0.2) is 30.6 Å². The summed E-state index contributed by atoms with van der Waals surface area (Å²) in [5.41, 5.74) is -0.843. The summed E-state index contributed by atoms with van der Waals surface area (Å²) in [6.45, 7) is 0. The molecule has 2 aromatic rings. The smallest absolute Gasteiger partial charge is 0.358 e. The van der Waals surface area contributed by atoms with E-state index in [1.165, 1.54) is 18.3 Å². The van der Waals surface area contributed by atoms with E-state index in [0.29, 0.717) is 0 Å². The zero-order chi connectivity index (χ0) is 14.7.